The first kappa shape index (κ1) is 9.50. The smallest absolute Gasteiger partial charge is 0.0702 e. The summed E-state index contributed by atoms with van der Waals surface area (Å²) in [5, 5.41) is 8.37. The fourth-order valence-corrected chi connectivity index (χ4v) is 1.47. The molecule has 1 fully saturated rings. The average molecular weight is 168 g/mol. The van der Waals surface area contributed by atoms with E-state index in [2.05, 4.69) is 11.0 Å². The van der Waals surface area contributed by atoms with Crippen molar-refractivity contribution in [2.75, 3.05) is 26.7 Å². The van der Waals surface area contributed by atoms with Crippen LogP contribution in [0, 0.1) is 11.3 Å². The molecule has 0 aliphatic carbocycles. The molecule has 1 atom stereocenters. The van der Waals surface area contributed by atoms with Gasteiger partial charge in [0.05, 0.1) is 12.2 Å². The molecule has 3 heteroatoms. The first-order valence-electron chi connectivity index (χ1n) is 4.50. The topological polar surface area (TPSA) is 36.3 Å². The van der Waals surface area contributed by atoms with Gasteiger partial charge in [0.15, 0.2) is 0 Å². The molecule has 0 aromatic heterocycles. The van der Waals surface area contributed by atoms with Crippen molar-refractivity contribution in [3.05, 3.63) is 0 Å². The molecule has 0 bridgehead atoms. The lowest BCUT2D eigenvalue weighted by molar-refractivity contribution is 0.0818. The molecule has 0 amide bonds. The maximum absolute atomic E-state index is 8.37. The molecular weight excluding hydrogens is 152 g/mol. The van der Waals surface area contributed by atoms with E-state index in [9.17, 15) is 0 Å². The molecule has 1 heterocycles. The fourth-order valence-electron chi connectivity index (χ4n) is 1.47. The second-order valence-electron chi connectivity index (χ2n) is 3.31. The minimum Gasteiger partial charge on any atom is -0.377 e. The highest BCUT2D eigenvalue weighted by Crippen LogP contribution is 2.12. The Labute approximate surface area is 73.9 Å². The monoisotopic (exact) mass is 168 g/mol. The molecule has 1 unspecified atom stereocenters. The third kappa shape index (κ3) is 3.21. The molecule has 1 aliphatic heterocycles. The first-order chi connectivity index (χ1) is 5.83. The second-order valence-corrected chi connectivity index (χ2v) is 3.31. The zero-order chi connectivity index (χ0) is 8.81. The van der Waals surface area contributed by atoms with Crippen LogP contribution in [-0.4, -0.2) is 37.7 Å². The predicted molar refractivity (Wildman–Crippen MR) is 46.7 cm³/mol. The Kier molecular flexibility index (Phi) is 4.06. The van der Waals surface area contributed by atoms with Crippen molar-refractivity contribution < 1.29 is 4.74 Å². The predicted octanol–water partition coefficient (Wildman–Crippen LogP) is 1.01. The highest BCUT2D eigenvalue weighted by Gasteiger charge is 2.16. The Morgan fingerprint density at radius 2 is 2.50 bits per heavy atom. The number of rotatable bonds is 4. The first-order valence-corrected chi connectivity index (χ1v) is 4.50. The maximum Gasteiger partial charge on any atom is 0.0702 e. The highest BCUT2D eigenvalue weighted by molar-refractivity contribution is 4.73. The molecule has 0 aromatic carbocycles. The van der Waals surface area contributed by atoms with Crippen molar-refractivity contribution in [3.8, 4) is 6.07 Å². The van der Waals surface area contributed by atoms with Gasteiger partial charge in [-0.15, -0.1) is 0 Å². The summed E-state index contributed by atoms with van der Waals surface area (Å²) >= 11 is 0. The van der Waals surface area contributed by atoms with Crippen LogP contribution in [0.1, 0.15) is 19.3 Å². The largest absolute Gasteiger partial charge is 0.377 e. The Hall–Kier alpha value is -0.590. The lowest BCUT2D eigenvalue weighted by Gasteiger charge is -2.18. The van der Waals surface area contributed by atoms with E-state index < -0.39 is 0 Å². The van der Waals surface area contributed by atoms with E-state index in [1.807, 2.05) is 7.05 Å². The van der Waals surface area contributed by atoms with Gasteiger partial charge in [0.25, 0.3) is 0 Å². The van der Waals surface area contributed by atoms with Crippen LogP contribution in [0.2, 0.25) is 0 Å². The van der Waals surface area contributed by atoms with Gasteiger partial charge in [-0.1, -0.05) is 0 Å². The molecule has 0 N–H and O–H groups in total. The Morgan fingerprint density at radius 3 is 3.08 bits per heavy atom. The summed E-state index contributed by atoms with van der Waals surface area (Å²) in [5.41, 5.74) is 0. The van der Waals surface area contributed by atoms with E-state index in [0.29, 0.717) is 12.5 Å². The standard InChI is InChI=1S/C9H16N2O/c1-11(6-3-5-10)8-9-4-2-7-12-9/h9H,2-4,6-8H2,1H3. The van der Waals surface area contributed by atoms with Crippen molar-refractivity contribution in [1.82, 2.24) is 4.90 Å². The van der Waals surface area contributed by atoms with E-state index >= 15 is 0 Å². The van der Waals surface area contributed by atoms with Gasteiger partial charge in [-0.3, -0.25) is 0 Å². The zero-order valence-corrected chi connectivity index (χ0v) is 7.62. The van der Waals surface area contributed by atoms with Gasteiger partial charge in [0.2, 0.25) is 0 Å². The SMILES string of the molecule is CN(CCC#N)CC1CCCO1. The molecule has 1 saturated heterocycles. The summed E-state index contributed by atoms with van der Waals surface area (Å²) in [6, 6.07) is 2.14. The third-order valence-electron chi connectivity index (χ3n) is 2.14. The Balaban J connectivity index is 2.08. The summed E-state index contributed by atoms with van der Waals surface area (Å²) in [4.78, 5) is 2.17. The van der Waals surface area contributed by atoms with Crippen LogP contribution in [-0.2, 0) is 4.74 Å². The molecule has 0 radical (unpaired) electrons. The van der Waals surface area contributed by atoms with Crippen LogP contribution in [0.5, 0.6) is 0 Å². The van der Waals surface area contributed by atoms with E-state index in [4.69, 9.17) is 10.00 Å². The van der Waals surface area contributed by atoms with Crippen molar-refractivity contribution in [2.45, 2.75) is 25.4 Å². The van der Waals surface area contributed by atoms with Crippen molar-refractivity contribution in [2.24, 2.45) is 0 Å². The summed E-state index contributed by atoms with van der Waals surface area (Å²) in [5.74, 6) is 0. The van der Waals surface area contributed by atoms with E-state index in [0.717, 1.165) is 19.7 Å². The number of likely N-dealkylation sites (N-methyl/N-ethyl adjacent to an activating group) is 1. The van der Waals surface area contributed by atoms with Crippen molar-refractivity contribution in [1.29, 1.82) is 5.26 Å². The second kappa shape index (κ2) is 5.13. The lowest BCUT2D eigenvalue weighted by atomic mass is 10.2. The van der Waals surface area contributed by atoms with E-state index in [1.165, 1.54) is 12.8 Å². The van der Waals surface area contributed by atoms with Gasteiger partial charge in [-0.2, -0.15) is 5.26 Å². The van der Waals surface area contributed by atoms with Crippen LogP contribution in [0.4, 0.5) is 0 Å². The third-order valence-corrected chi connectivity index (χ3v) is 2.14. The highest BCUT2D eigenvalue weighted by atomic mass is 16.5. The molecule has 1 aliphatic rings. The zero-order valence-electron chi connectivity index (χ0n) is 7.62. The molecule has 0 saturated carbocycles. The van der Waals surface area contributed by atoms with Gasteiger partial charge < -0.3 is 9.64 Å². The molecule has 68 valence electrons. The van der Waals surface area contributed by atoms with Crippen molar-refractivity contribution >= 4 is 0 Å². The number of hydrogen-bond donors (Lipinski definition) is 0. The van der Waals surface area contributed by atoms with E-state index in [1.54, 1.807) is 0 Å². The Bertz CT molecular complexity index is 158. The van der Waals surface area contributed by atoms with Crippen LogP contribution < -0.4 is 0 Å². The quantitative estimate of drug-likeness (QED) is 0.628. The van der Waals surface area contributed by atoms with Gasteiger partial charge in [-0.25, -0.2) is 0 Å². The molecular formula is C9H16N2O. The molecule has 3 nitrogen and oxygen atoms in total. The fraction of sp³-hybridized carbons (Fsp3) is 0.889. The maximum atomic E-state index is 8.37. The minimum atomic E-state index is 0.411. The number of nitriles is 1. The van der Waals surface area contributed by atoms with Gasteiger partial charge in [-0.05, 0) is 19.9 Å². The summed E-state index contributed by atoms with van der Waals surface area (Å²) in [7, 11) is 2.04. The van der Waals surface area contributed by atoms with Crippen LogP contribution in [0.25, 0.3) is 0 Å². The number of hydrogen-bond acceptors (Lipinski definition) is 3. The van der Waals surface area contributed by atoms with Gasteiger partial charge >= 0.3 is 0 Å². The Morgan fingerprint density at radius 1 is 1.67 bits per heavy atom. The number of ether oxygens (including phenoxy) is 1. The lowest BCUT2D eigenvalue weighted by Crippen LogP contribution is -2.29. The minimum absolute atomic E-state index is 0.411. The average Bonchev–Trinajstić information content (AvgIpc) is 2.53. The van der Waals surface area contributed by atoms with Crippen molar-refractivity contribution in [3.63, 3.8) is 0 Å². The summed E-state index contributed by atoms with van der Waals surface area (Å²) in [6.07, 6.45) is 3.39. The normalized spacial score (nSPS) is 22.9. The van der Waals surface area contributed by atoms with Crippen LogP contribution >= 0.6 is 0 Å². The summed E-state index contributed by atoms with van der Waals surface area (Å²) in [6.45, 7) is 2.74. The van der Waals surface area contributed by atoms with Gasteiger partial charge in [0.1, 0.15) is 0 Å². The molecule has 0 aromatic rings. The number of nitrogens with zero attached hydrogens (tertiary/aromatic N) is 2. The molecule has 12 heavy (non-hydrogen) atoms. The van der Waals surface area contributed by atoms with Crippen LogP contribution in [0.3, 0.4) is 0 Å². The van der Waals surface area contributed by atoms with E-state index in [-0.39, 0.29) is 0 Å². The van der Waals surface area contributed by atoms with Crippen LogP contribution in [0.15, 0.2) is 0 Å². The van der Waals surface area contributed by atoms with Gasteiger partial charge in [0, 0.05) is 26.1 Å². The molecule has 0 spiro atoms. The molecule has 1 rings (SSSR count). The summed E-state index contributed by atoms with van der Waals surface area (Å²) < 4.78 is 5.48.